The van der Waals surface area contributed by atoms with Crippen molar-refractivity contribution in [2.45, 2.75) is 65.3 Å². The van der Waals surface area contributed by atoms with Crippen molar-refractivity contribution in [2.24, 2.45) is 17.1 Å². The maximum Gasteiger partial charge on any atom is 0.259 e. The largest absolute Gasteiger partial charge is 0.336 e. The fourth-order valence-electron chi connectivity index (χ4n) is 4.16. The van der Waals surface area contributed by atoms with Crippen LogP contribution < -0.4 is 5.73 Å². The normalized spacial score (nSPS) is 22.5. The molecule has 1 aliphatic heterocycles. The van der Waals surface area contributed by atoms with Gasteiger partial charge in [-0.15, -0.1) is 12.4 Å². The van der Waals surface area contributed by atoms with E-state index < -0.39 is 0 Å². The molecule has 3 heterocycles. The van der Waals surface area contributed by atoms with Crippen molar-refractivity contribution >= 4 is 29.4 Å². The molecule has 0 radical (unpaired) electrons. The van der Waals surface area contributed by atoms with E-state index in [0.717, 1.165) is 49.0 Å². The van der Waals surface area contributed by atoms with Crippen LogP contribution in [0.1, 0.15) is 74.6 Å². The Hall–Kier alpha value is -1.66. The van der Waals surface area contributed by atoms with Gasteiger partial charge in [-0.05, 0) is 56.6 Å². The zero-order valence-electron chi connectivity index (χ0n) is 17.2. The van der Waals surface area contributed by atoms with Crippen molar-refractivity contribution in [3.8, 4) is 0 Å². The second kappa shape index (κ2) is 7.64. The number of aromatic nitrogens is 2. The standard InChI is InChI=1S/C21H30N4O2.ClH/c1-12-7-13(10-22)11-25(12)20(26)15-8-16(14-5-6-14)23-19-18(15)17(24-27-19)9-21(2,3)4;/h8,12-14H,5-7,9-11,22H2,1-4H3;1H. The average Bonchev–Trinajstić information content (AvgIpc) is 3.29. The van der Waals surface area contributed by atoms with E-state index in [0.29, 0.717) is 29.7 Å². The lowest BCUT2D eigenvalue weighted by atomic mass is 9.89. The van der Waals surface area contributed by atoms with E-state index in [9.17, 15) is 4.79 Å². The molecule has 0 aromatic carbocycles. The molecule has 2 unspecified atom stereocenters. The number of carbonyl (C=O) groups excluding carboxylic acids is 1. The molecule has 6 nitrogen and oxygen atoms in total. The predicted molar refractivity (Wildman–Crippen MR) is 112 cm³/mol. The van der Waals surface area contributed by atoms with Crippen LogP contribution in [-0.4, -0.2) is 40.1 Å². The molecule has 0 spiro atoms. The van der Waals surface area contributed by atoms with Gasteiger partial charge in [-0.2, -0.15) is 0 Å². The van der Waals surface area contributed by atoms with Crippen molar-refractivity contribution in [3.63, 3.8) is 0 Å². The lowest BCUT2D eigenvalue weighted by molar-refractivity contribution is 0.0745. The van der Waals surface area contributed by atoms with Gasteiger partial charge in [-0.3, -0.25) is 4.79 Å². The summed E-state index contributed by atoms with van der Waals surface area (Å²) < 4.78 is 5.58. The third-order valence-electron chi connectivity index (χ3n) is 5.72. The number of likely N-dealkylation sites (tertiary alicyclic amines) is 1. The third kappa shape index (κ3) is 4.03. The van der Waals surface area contributed by atoms with Crippen LogP contribution in [0.3, 0.4) is 0 Å². The number of halogens is 1. The maximum atomic E-state index is 13.5. The van der Waals surface area contributed by atoms with E-state index in [1.54, 1.807) is 0 Å². The van der Waals surface area contributed by atoms with Gasteiger partial charge in [0.1, 0.15) is 0 Å². The zero-order valence-corrected chi connectivity index (χ0v) is 18.0. The van der Waals surface area contributed by atoms with E-state index in [4.69, 9.17) is 10.3 Å². The SMILES string of the molecule is CC1CC(CN)CN1C(=O)c1cc(C2CC2)nc2onc(CC(C)(C)C)c12.Cl. The molecule has 1 amide bonds. The maximum absolute atomic E-state index is 13.5. The number of rotatable bonds is 4. The monoisotopic (exact) mass is 406 g/mol. The van der Waals surface area contributed by atoms with Crippen LogP contribution in [0.15, 0.2) is 10.6 Å². The first kappa shape index (κ1) is 21.1. The molecule has 2 aliphatic rings. The number of carbonyl (C=O) groups is 1. The Morgan fingerprint density at radius 2 is 2.07 bits per heavy atom. The number of nitrogens with zero attached hydrogens (tertiary/aromatic N) is 3. The molecular weight excluding hydrogens is 376 g/mol. The lowest BCUT2D eigenvalue weighted by Crippen LogP contribution is -2.34. The molecule has 0 bridgehead atoms. The van der Waals surface area contributed by atoms with Crippen molar-refractivity contribution in [1.29, 1.82) is 0 Å². The van der Waals surface area contributed by atoms with E-state index in [2.05, 4.69) is 37.8 Å². The van der Waals surface area contributed by atoms with Gasteiger partial charge in [0.05, 0.1) is 16.6 Å². The van der Waals surface area contributed by atoms with Crippen molar-refractivity contribution in [1.82, 2.24) is 15.0 Å². The zero-order chi connectivity index (χ0) is 19.3. The quantitative estimate of drug-likeness (QED) is 0.831. The summed E-state index contributed by atoms with van der Waals surface area (Å²) in [7, 11) is 0. The number of hydrogen-bond donors (Lipinski definition) is 1. The fraction of sp³-hybridized carbons (Fsp3) is 0.667. The first-order valence-electron chi connectivity index (χ1n) is 10.1. The minimum absolute atomic E-state index is 0. The number of amides is 1. The second-order valence-electron chi connectivity index (χ2n) is 9.56. The molecule has 28 heavy (non-hydrogen) atoms. The molecule has 2 N–H and O–H groups in total. The molecule has 1 saturated carbocycles. The van der Waals surface area contributed by atoms with E-state index >= 15 is 0 Å². The fourth-order valence-corrected chi connectivity index (χ4v) is 4.16. The van der Waals surface area contributed by atoms with Crippen LogP contribution in [0.4, 0.5) is 0 Å². The van der Waals surface area contributed by atoms with Crippen LogP contribution in [0.25, 0.3) is 11.1 Å². The minimum atomic E-state index is 0. The van der Waals surface area contributed by atoms with Gasteiger partial charge in [-0.1, -0.05) is 25.9 Å². The molecule has 4 rings (SSSR count). The first-order chi connectivity index (χ1) is 12.8. The molecule has 2 aromatic heterocycles. The van der Waals surface area contributed by atoms with Gasteiger partial charge in [0.15, 0.2) is 0 Å². The van der Waals surface area contributed by atoms with Crippen molar-refractivity contribution < 1.29 is 9.32 Å². The second-order valence-corrected chi connectivity index (χ2v) is 9.56. The molecule has 1 saturated heterocycles. The topological polar surface area (TPSA) is 85.2 Å². The predicted octanol–water partition coefficient (Wildman–Crippen LogP) is 3.92. The van der Waals surface area contributed by atoms with Gasteiger partial charge in [0, 0.05) is 24.2 Å². The molecule has 2 aromatic rings. The van der Waals surface area contributed by atoms with Crippen LogP contribution in [-0.2, 0) is 6.42 Å². The smallest absolute Gasteiger partial charge is 0.259 e. The van der Waals surface area contributed by atoms with Crippen molar-refractivity contribution in [3.05, 3.63) is 23.0 Å². The highest BCUT2D eigenvalue weighted by Crippen LogP contribution is 2.41. The third-order valence-corrected chi connectivity index (χ3v) is 5.72. The Kier molecular flexibility index (Phi) is 5.74. The van der Waals surface area contributed by atoms with Gasteiger partial charge in [-0.25, -0.2) is 4.98 Å². The Bertz CT molecular complexity index is 869. The number of nitrogens with two attached hydrogens (primary N) is 1. The van der Waals surface area contributed by atoms with Crippen LogP contribution in [0.5, 0.6) is 0 Å². The highest BCUT2D eigenvalue weighted by Gasteiger charge is 2.35. The molecule has 1 aliphatic carbocycles. The van der Waals surface area contributed by atoms with Gasteiger partial charge in [0.25, 0.3) is 11.6 Å². The van der Waals surface area contributed by atoms with Gasteiger partial charge in [0.2, 0.25) is 0 Å². The van der Waals surface area contributed by atoms with Crippen molar-refractivity contribution in [2.75, 3.05) is 13.1 Å². The summed E-state index contributed by atoms with van der Waals surface area (Å²) in [4.78, 5) is 20.2. The number of fused-ring (bicyclic) bond motifs is 1. The lowest BCUT2D eigenvalue weighted by Gasteiger charge is -2.22. The minimum Gasteiger partial charge on any atom is -0.336 e. The summed E-state index contributed by atoms with van der Waals surface area (Å²) in [5.74, 6) is 0.886. The Balaban J connectivity index is 0.00000225. The highest BCUT2D eigenvalue weighted by atomic mass is 35.5. The molecule has 7 heteroatoms. The van der Waals surface area contributed by atoms with Gasteiger partial charge < -0.3 is 15.2 Å². The van der Waals surface area contributed by atoms with Crippen LogP contribution in [0.2, 0.25) is 0 Å². The summed E-state index contributed by atoms with van der Waals surface area (Å²) in [5, 5.41) is 5.09. The summed E-state index contributed by atoms with van der Waals surface area (Å²) in [6.07, 6.45) is 3.96. The van der Waals surface area contributed by atoms with E-state index in [1.165, 1.54) is 0 Å². The summed E-state index contributed by atoms with van der Waals surface area (Å²) in [5.41, 5.74) is 8.91. The first-order valence-corrected chi connectivity index (χ1v) is 10.1. The van der Waals surface area contributed by atoms with E-state index in [1.807, 2.05) is 11.0 Å². The highest BCUT2D eigenvalue weighted by molar-refractivity contribution is 6.06. The Morgan fingerprint density at radius 3 is 2.64 bits per heavy atom. The Labute approximate surface area is 172 Å². The molecule has 2 atom stereocenters. The molecule has 154 valence electrons. The Morgan fingerprint density at radius 1 is 1.36 bits per heavy atom. The molecule has 2 fully saturated rings. The van der Waals surface area contributed by atoms with Gasteiger partial charge >= 0.3 is 0 Å². The van der Waals surface area contributed by atoms with Crippen LogP contribution >= 0.6 is 12.4 Å². The average molecular weight is 407 g/mol. The molecular formula is C21H31ClN4O2. The summed E-state index contributed by atoms with van der Waals surface area (Å²) in [6, 6.07) is 2.19. The van der Waals surface area contributed by atoms with Crippen LogP contribution in [0, 0.1) is 11.3 Å². The van der Waals surface area contributed by atoms with E-state index in [-0.39, 0.29) is 29.8 Å². The number of pyridine rings is 1. The summed E-state index contributed by atoms with van der Waals surface area (Å²) in [6.45, 7) is 9.94. The number of hydrogen-bond acceptors (Lipinski definition) is 5. The summed E-state index contributed by atoms with van der Waals surface area (Å²) >= 11 is 0.